The van der Waals surface area contributed by atoms with Crippen LogP contribution in [-0.4, -0.2) is 29.4 Å². The summed E-state index contributed by atoms with van der Waals surface area (Å²) in [5.74, 6) is -0.0727. The van der Waals surface area contributed by atoms with E-state index in [4.69, 9.17) is 9.47 Å². The van der Waals surface area contributed by atoms with E-state index in [-0.39, 0.29) is 30.2 Å². The molecule has 4 nitrogen and oxygen atoms in total. The first kappa shape index (κ1) is 20.3. The van der Waals surface area contributed by atoms with E-state index in [0.29, 0.717) is 6.61 Å². The van der Waals surface area contributed by atoms with Crippen LogP contribution in [0.2, 0.25) is 0 Å². The quantitative estimate of drug-likeness (QED) is 0.711. The molecule has 0 spiro atoms. The van der Waals surface area contributed by atoms with Crippen molar-refractivity contribution >= 4 is 5.97 Å². The molecular formula is C23H34O4. The van der Waals surface area contributed by atoms with Gasteiger partial charge in [-0.1, -0.05) is 37.6 Å². The zero-order valence-corrected chi connectivity index (χ0v) is 16.6. The Bertz CT molecular complexity index is 567. The molecule has 1 aromatic carbocycles. The molecule has 0 atom stereocenters. The molecule has 1 N–H and O–H groups in total. The summed E-state index contributed by atoms with van der Waals surface area (Å²) in [6, 6.07) is 8.73. The average Bonchev–Trinajstić information content (AvgIpc) is 2.69. The van der Waals surface area contributed by atoms with Gasteiger partial charge in [-0.25, -0.2) is 0 Å². The van der Waals surface area contributed by atoms with Gasteiger partial charge in [0.25, 0.3) is 0 Å². The van der Waals surface area contributed by atoms with Gasteiger partial charge in [0.05, 0.1) is 24.7 Å². The van der Waals surface area contributed by atoms with Crippen molar-refractivity contribution in [3.63, 3.8) is 0 Å². The van der Waals surface area contributed by atoms with Gasteiger partial charge in [-0.05, 0) is 68.9 Å². The van der Waals surface area contributed by atoms with Crippen molar-refractivity contribution in [3.05, 3.63) is 35.4 Å². The van der Waals surface area contributed by atoms with Gasteiger partial charge >= 0.3 is 5.97 Å². The van der Waals surface area contributed by atoms with E-state index in [2.05, 4.69) is 31.2 Å². The van der Waals surface area contributed by atoms with Crippen LogP contribution in [0.25, 0.3) is 0 Å². The topological polar surface area (TPSA) is 55.8 Å². The zero-order chi connectivity index (χ0) is 19.1. The third kappa shape index (κ3) is 6.32. The van der Waals surface area contributed by atoms with Crippen LogP contribution in [0.4, 0.5) is 0 Å². The number of esters is 1. The lowest BCUT2D eigenvalue weighted by Crippen LogP contribution is -2.32. The highest BCUT2D eigenvalue weighted by Crippen LogP contribution is 2.29. The molecule has 0 amide bonds. The standard InChI is InChI=1S/C23H34O4/c1-2-3-17-4-6-18(7-5-17)16-26-21-12-14-22(15-13-21)27-23(25)19-8-10-20(24)11-9-19/h4-7,19-22,24H,2-3,8-16H2,1H3. The maximum atomic E-state index is 12.3. The molecule has 2 aliphatic carbocycles. The van der Waals surface area contributed by atoms with Crippen molar-refractivity contribution in [1.82, 2.24) is 0 Å². The largest absolute Gasteiger partial charge is 0.462 e. The molecule has 4 heteroatoms. The van der Waals surface area contributed by atoms with Crippen molar-refractivity contribution in [1.29, 1.82) is 0 Å². The van der Waals surface area contributed by atoms with Gasteiger partial charge in [0.2, 0.25) is 0 Å². The highest BCUT2D eigenvalue weighted by molar-refractivity contribution is 5.72. The van der Waals surface area contributed by atoms with Crippen molar-refractivity contribution in [2.45, 2.75) is 96.1 Å². The van der Waals surface area contributed by atoms with Crippen molar-refractivity contribution in [2.24, 2.45) is 5.92 Å². The highest BCUT2D eigenvalue weighted by atomic mass is 16.5. The molecule has 0 aromatic heterocycles. The Morgan fingerprint density at radius 3 is 2.15 bits per heavy atom. The molecule has 0 radical (unpaired) electrons. The fraction of sp³-hybridized carbons (Fsp3) is 0.696. The molecule has 0 aliphatic heterocycles. The molecule has 1 aromatic rings. The highest BCUT2D eigenvalue weighted by Gasteiger charge is 2.30. The second-order valence-electron chi connectivity index (χ2n) is 8.22. The fourth-order valence-electron chi connectivity index (χ4n) is 4.19. The summed E-state index contributed by atoms with van der Waals surface area (Å²) < 4.78 is 11.8. The summed E-state index contributed by atoms with van der Waals surface area (Å²) in [5.41, 5.74) is 2.61. The van der Waals surface area contributed by atoms with Gasteiger partial charge < -0.3 is 14.6 Å². The molecule has 2 aliphatic rings. The van der Waals surface area contributed by atoms with Gasteiger partial charge in [-0.15, -0.1) is 0 Å². The van der Waals surface area contributed by atoms with Crippen LogP contribution in [0.3, 0.4) is 0 Å². The van der Waals surface area contributed by atoms with Crippen LogP contribution < -0.4 is 0 Å². The van der Waals surface area contributed by atoms with E-state index >= 15 is 0 Å². The minimum atomic E-state index is -0.232. The number of carbonyl (C=O) groups excluding carboxylic acids is 1. The number of aliphatic hydroxyl groups excluding tert-OH is 1. The minimum Gasteiger partial charge on any atom is -0.462 e. The molecule has 0 heterocycles. The van der Waals surface area contributed by atoms with Gasteiger partial charge in [0.1, 0.15) is 6.10 Å². The molecular weight excluding hydrogens is 340 g/mol. The van der Waals surface area contributed by atoms with Gasteiger partial charge in [0.15, 0.2) is 0 Å². The van der Waals surface area contributed by atoms with Crippen LogP contribution in [0.1, 0.15) is 75.8 Å². The van der Waals surface area contributed by atoms with Crippen molar-refractivity contribution in [3.8, 4) is 0 Å². The number of ether oxygens (including phenoxy) is 2. The SMILES string of the molecule is CCCc1ccc(COC2CCC(OC(=O)C3CCC(O)CC3)CC2)cc1. The Morgan fingerprint density at radius 1 is 0.926 bits per heavy atom. The van der Waals surface area contributed by atoms with Crippen LogP contribution >= 0.6 is 0 Å². The van der Waals surface area contributed by atoms with Crippen LogP contribution in [0, 0.1) is 5.92 Å². The first-order valence-corrected chi connectivity index (χ1v) is 10.7. The lowest BCUT2D eigenvalue weighted by atomic mass is 9.87. The third-order valence-electron chi connectivity index (χ3n) is 5.98. The maximum absolute atomic E-state index is 12.3. The predicted octanol–water partition coefficient (Wildman–Crippen LogP) is 4.56. The number of hydrogen-bond acceptors (Lipinski definition) is 4. The van der Waals surface area contributed by atoms with Crippen molar-refractivity contribution in [2.75, 3.05) is 0 Å². The summed E-state index contributed by atoms with van der Waals surface area (Å²) >= 11 is 0. The van der Waals surface area contributed by atoms with Gasteiger partial charge in [-0.2, -0.15) is 0 Å². The Hall–Kier alpha value is -1.39. The summed E-state index contributed by atoms with van der Waals surface area (Å²) in [4.78, 5) is 12.3. The third-order valence-corrected chi connectivity index (χ3v) is 5.98. The molecule has 3 rings (SSSR count). The molecule has 0 bridgehead atoms. The Morgan fingerprint density at radius 2 is 1.52 bits per heavy atom. The molecule has 2 saturated carbocycles. The summed E-state index contributed by atoms with van der Waals surface area (Å²) in [7, 11) is 0. The summed E-state index contributed by atoms with van der Waals surface area (Å²) in [5, 5.41) is 9.56. The Balaban J connectivity index is 1.34. The molecule has 0 saturated heterocycles. The Labute approximate surface area is 163 Å². The predicted molar refractivity (Wildman–Crippen MR) is 105 cm³/mol. The Kier molecular flexibility index (Phi) is 7.71. The summed E-state index contributed by atoms with van der Waals surface area (Å²) in [6.45, 7) is 2.86. The van der Waals surface area contributed by atoms with Crippen LogP contribution in [-0.2, 0) is 27.3 Å². The van der Waals surface area contributed by atoms with E-state index in [1.807, 2.05) is 0 Å². The van der Waals surface area contributed by atoms with E-state index in [1.165, 1.54) is 17.5 Å². The number of carbonyl (C=O) groups is 1. The van der Waals surface area contributed by atoms with Gasteiger partial charge in [0, 0.05) is 0 Å². The van der Waals surface area contributed by atoms with Gasteiger partial charge in [-0.3, -0.25) is 4.79 Å². The maximum Gasteiger partial charge on any atom is 0.309 e. The molecule has 150 valence electrons. The molecule has 2 fully saturated rings. The number of aliphatic hydroxyl groups is 1. The average molecular weight is 375 g/mol. The second kappa shape index (κ2) is 10.2. The smallest absolute Gasteiger partial charge is 0.309 e. The van der Waals surface area contributed by atoms with E-state index in [1.54, 1.807) is 0 Å². The number of benzene rings is 1. The molecule has 0 unspecified atom stereocenters. The summed E-state index contributed by atoms with van der Waals surface area (Å²) in [6.07, 6.45) is 9.02. The first-order valence-electron chi connectivity index (χ1n) is 10.7. The fourth-order valence-corrected chi connectivity index (χ4v) is 4.19. The lowest BCUT2D eigenvalue weighted by molar-refractivity contribution is -0.159. The number of aryl methyl sites for hydroxylation is 1. The number of hydrogen-bond donors (Lipinski definition) is 1. The van der Waals surface area contributed by atoms with E-state index in [0.717, 1.165) is 57.8 Å². The van der Waals surface area contributed by atoms with E-state index in [9.17, 15) is 9.90 Å². The normalized spacial score (nSPS) is 28.7. The lowest BCUT2D eigenvalue weighted by Gasteiger charge is -2.30. The van der Waals surface area contributed by atoms with Crippen LogP contribution in [0.5, 0.6) is 0 Å². The minimum absolute atomic E-state index is 0.0157. The van der Waals surface area contributed by atoms with Crippen molar-refractivity contribution < 1.29 is 19.4 Å². The number of rotatable bonds is 7. The van der Waals surface area contributed by atoms with E-state index < -0.39 is 0 Å². The monoisotopic (exact) mass is 374 g/mol. The van der Waals surface area contributed by atoms with Crippen LogP contribution in [0.15, 0.2) is 24.3 Å². The molecule has 27 heavy (non-hydrogen) atoms. The first-order chi connectivity index (χ1) is 13.1. The zero-order valence-electron chi connectivity index (χ0n) is 16.6. The second-order valence-corrected chi connectivity index (χ2v) is 8.22.